The second-order valence-corrected chi connectivity index (χ2v) is 4.14. The van der Waals surface area contributed by atoms with Crippen LogP contribution in [0.1, 0.15) is 27.2 Å². The van der Waals surface area contributed by atoms with E-state index in [-0.39, 0.29) is 24.5 Å². The Kier molecular flexibility index (Phi) is 1.35. The minimum absolute atomic E-state index is 0.132. The van der Waals surface area contributed by atoms with Crippen LogP contribution in [0.15, 0.2) is 0 Å². The minimum atomic E-state index is -0.788. The molecule has 4 nitrogen and oxygen atoms in total. The van der Waals surface area contributed by atoms with Gasteiger partial charge < -0.3 is 9.47 Å². The van der Waals surface area contributed by atoms with Crippen molar-refractivity contribution >= 4 is 11.9 Å². The first-order valence-corrected chi connectivity index (χ1v) is 4.33. The van der Waals surface area contributed by atoms with Crippen LogP contribution in [0.2, 0.25) is 0 Å². The molecular weight excluding hydrogens is 172 g/mol. The molecule has 0 aromatic carbocycles. The number of fused-ring (bicyclic) bond motifs is 1. The zero-order valence-electron chi connectivity index (χ0n) is 7.92. The summed E-state index contributed by atoms with van der Waals surface area (Å²) in [5.41, 5.74) is -1.56. The fourth-order valence-corrected chi connectivity index (χ4v) is 2.06. The maximum absolute atomic E-state index is 11.5. The maximum atomic E-state index is 11.5. The average Bonchev–Trinajstić information content (AvgIpc) is 2.31. The summed E-state index contributed by atoms with van der Waals surface area (Å²) in [5, 5.41) is 0. The molecule has 0 bridgehead atoms. The molecular formula is C9H12O4. The molecule has 0 aliphatic carbocycles. The molecule has 0 saturated carbocycles. The highest BCUT2D eigenvalue weighted by atomic mass is 16.6. The monoisotopic (exact) mass is 184 g/mol. The van der Waals surface area contributed by atoms with Gasteiger partial charge in [-0.15, -0.1) is 0 Å². The maximum Gasteiger partial charge on any atom is 0.317 e. The van der Waals surface area contributed by atoms with Crippen molar-refractivity contribution in [2.45, 2.75) is 38.9 Å². The number of ether oxygens (including phenoxy) is 2. The average molecular weight is 184 g/mol. The molecule has 0 aromatic heterocycles. The van der Waals surface area contributed by atoms with Gasteiger partial charge in [-0.25, -0.2) is 0 Å². The Labute approximate surface area is 76.2 Å². The normalized spacial score (nSPS) is 48.7. The van der Waals surface area contributed by atoms with Crippen molar-refractivity contribution in [2.24, 2.45) is 5.41 Å². The van der Waals surface area contributed by atoms with Crippen molar-refractivity contribution in [3.05, 3.63) is 0 Å². The number of esters is 2. The molecule has 3 unspecified atom stereocenters. The minimum Gasteiger partial charge on any atom is -0.458 e. The van der Waals surface area contributed by atoms with E-state index >= 15 is 0 Å². The summed E-state index contributed by atoms with van der Waals surface area (Å²) in [6.45, 7) is 5.24. The summed E-state index contributed by atoms with van der Waals surface area (Å²) >= 11 is 0. The summed E-state index contributed by atoms with van der Waals surface area (Å²) < 4.78 is 10.2. The lowest BCUT2D eigenvalue weighted by Crippen LogP contribution is -2.44. The lowest BCUT2D eigenvalue weighted by molar-refractivity contribution is -0.156. The number of hydrogen-bond donors (Lipinski definition) is 0. The molecule has 3 atom stereocenters. The second-order valence-electron chi connectivity index (χ2n) is 4.14. The number of hydrogen-bond acceptors (Lipinski definition) is 4. The Morgan fingerprint density at radius 1 is 1.38 bits per heavy atom. The van der Waals surface area contributed by atoms with Crippen LogP contribution in [0, 0.1) is 5.41 Å². The Balaban J connectivity index is 2.49. The van der Waals surface area contributed by atoms with E-state index < -0.39 is 11.0 Å². The third kappa shape index (κ3) is 0.759. The zero-order chi connectivity index (χ0) is 9.85. The lowest BCUT2D eigenvalue weighted by atomic mass is 9.74. The Morgan fingerprint density at radius 2 is 2.00 bits per heavy atom. The number of cyclic esters (lactones) is 1. The Morgan fingerprint density at radius 3 is 2.54 bits per heavy atom. The van der Waals surface area contributed by atoms with E-state index in [9.17, 15) is 9.59 Å². The van der Waals surface area contributed by atoms with Gasteiger partial charge in [-0.2, -0.15) is 0 Å². The van der Waals surface area contributed by atoms with Crippen LogP contribution in [0.5, 0.6) is 0 Å². The molecule has 2 heterocycles. The highest BCUT2D eigenvalue weighted by Gasteiger charge is 2.68. The summed E-state index contributed by atoms with van der Waals surface area (Å²) in [6.07, 6.45) is -0.219. The van der Waals surface area contributed by atoms with Gasteiger partial charge in [-0.3, -0.25) is 9.59 Å². The van der Waals surface area contributed by atoms with Crippen molar-refractivity contribution in [3.8, 4) is 0 Å². The third-order valence-electron chi connectivity index (χ3n) is 3.43. The summed E-state index contributed by atoms with van der Waals surface area (Å²) in [6, 6.07) is 0. The van der Waals surface area contributed by atoms with E-state index in [0.29, 0.717) is 0 Å². The number of carbonyl (C=O) groups excluding carboxylic acids is 2. The zero-order valence-corrected chi connectivity index (χ0v) is 7.92. The van der Waals surface area contributed by atoms with Crippen LogP contribution < -0.4 is 0 Å². The van der Waals surface area contributed by atoms with Crippen LogP contribution in [0.25, 0.3) is 0 Å². The van der Waals surface area contributed by atoms with Crippen LogP contribution in [-0.2, 0) is 19.1 Å². The molecule has 0 aromatic rings. The van der Waals surface area contributed by atoms with Crippen LogP contribution >= 0.6 is 0 Å². The standard InChI is InChI=1S/C9H12O4/c1-5-9(3)8(2,7(11)12-5)4-6(10)13-9/h5H,4H2,1-3H3. The van der Waals surface area contributed by atoms with Gasteiger partial charge in [0, 0.05) is 0 Å². The van der Waals surface area contributed by atoms with Gasteiger partial charge in [-0.05, 0) is 20.8 Å². The fourth-order valence-electron chi connectivity index (χ4n) is 2.06. The molecule has 0 radical (unpaired) electrons. The van der Waals surface area contributed by atoms with Gasteiger partial charge >= 0.3 is 11.9 Å². The Hall–Kier alpha value is -1.06. The van der Waals surface area contributed by atoms with Gasteiger partial charge in [0.25, 0.3) is 0 Å². The molecule has 2 aliphatic heterocycles. The molecule has 2 rings (SSSR count). The van der Waals surface area contributed by atoms with Gasteiger partial charge in [-0.1, -0.05) is 0 Å². The first kappa shape index (κ1) is 8.53. The Bertz CT molecular complexity index is 298. The van der Waals surface area contributed by atoms with Crippen molar-refractivity contribution in [1.82, 2.24) is 0 Å². The summed E-state index contributed by atoms with van der Waals surface area (Å²) in [5.74, 6) is -0.637. The largest absolute Gasteiger partial charge is 0.458 e. The number of rotatable bonds is 0. The molecule has 2 aliphatic rings. The smallest absolute Gasteiger partial charge is 0.317 e. The summed E-state index contributed by atoms with van der Waals surface area (Å²) in [4.78, 5) is 22.6. The van der Waals surface area contributed by atoms with E-state index in [1.54, 1.807) is 20.8 Å². The van der Waals surface area contributed by atoms with E-state index in [0.717, 1.165) is 0 Å². The topological polar surface area (TPSA) is 52.6 Å². The summed E-state index contributed by atoms with van der Waals surface area (Å²) in [7, 11) is 0. The van der Waals surface area contributed by atoms with Crippen molar-refractivity contribution in [3.63, 3.8) is 0 Å². The van der Waals surface area contributed by atoms with E-state index in [4.69, 9.17) is 9.47 Å². The molecule has 13 heavy (non-hydrogen) atoms. The lowest BCUT2D eigenvalue weighted by Gasteiger charge is -2.28. The second kappa shape index (κ2) is 2.05. The van der Waals surface area contributed by atoms with Gasteiger partial charge in [0.05, 0.1) is 6.42 Å². The molecule has 0 N–H and O–H groups in total. The van der Waals surface area contributed by atoms with E-state index in [1.165, 1.54) is 0 Å². The fraction of sp³-hybridized carbons (Fsp3) is 0.778. The van der Waals surface area contributed by atoms with Gasteiger partial charge in [0.15, 0.2) is 5.60 Å². The molecule has 2 saturated heterocycles. The van der Waals surface area contributed by atoms with Crippen LogP contribution in [0.4, 0.5) is 0 Å². The first-order chi connectivity index (χ1) is 5.90. The predicted octanol–water partition coefficient (Wildman–Crippen LogP) is 0.644. The van der Waals surface area contributed by atoms with Gasteiger partial charge in [0.1, 0.15) is 11.5 Å². The molecule has 4 heteroatoms. The highest BCUT2D eigenvalue weighted by Crippen LogP contribution is 2.52. The third-order valence-corrected chi connectivity index (χ3v) is 3.43. The van der Waals surface area contributed by atoms with Crippen LogP contribution in [0.3, 0.4) is 0 Å². The quantitative estimate of drug-likeness (QED) is 0.518. The number of carbonyl (C=O) groups is 2. The van der Waals surface area contributed by atoms with Crippen molar-refractivity contribution < 1.29 is 19.1 Å². The van der Waals surface area contributed by atoms with Crippen LogP contribution in [-0.4, -0.2) is 23.6 Å². The van der Waals surface area contributed by atoms with Gasteiger partial charge in [0.2, 0.25) is 0 Å². The van der Waals surface area contributed by atoms with Crippen molar-refractivity contribution in [2.75, 3.05) is 0 Å². The predicted molar refractivity (Wildman–Crippen MR) is 42.8 cm³/mol. The molecule has 0 spiro atoms. The molecule has 2 fully saturated rings. The van der Waals surface area contributed by atoms with E-state index in [1.807, 2.05) is 0 Å². The first-order valence-electron chi connectivity index (χ1n) is 4.33. The molecule has 72 valence electrons. The molecule has 0 amide bonds. The van der Waals surface area contributed by atoms with E-state index in [2.05, 4.69) is 0 Å². The SMILES string of the molecule is CC1OC(=O)C2(C)CC(=O)OC12C. The van der Waals surface area contributed by atoms with Crippen molar-refractivity contribution in [1.29, 1.82) is 0 Å². The highest BCUT2D eigenvalue weighted by molar-refractivity contribution is 5.90.